The van der Waals surface area contributed by atoms with Crippen molar-refractivity contribution in [1.82, 2.24) is 9.88 Å². The molecule has 27 heavy (non-hydrogen) atoms. The van der Waals surface area contributed by atoms with Gasteiger partial charge in [0.15, 0.2) is 0 Å². The Morgan fingerprint density at radius 3 is 2.74 bits per heavy atom. The normalized spacial score (nSPS) is 22.3. The Morgan fingerprint density at radius 1 is 1.11 bits per heavy atom. The molecule has 1 unspecified atom stereocenters. The van der Waals surface area contributed by atoms with Crippen molar-refractivity contribution >= 4 is 16.7 Å². The molecule has 1 aromatic heterocycles. The maximum atomic E-state index is 9.62. The van der Waals surface area contributed by atoms with Gasteiger partial charge < -0.3 is 14.7 Å². The van der Waals surface area contributed by atoms with Crippen LogP contribution in [0.15, 0.2) is 30.3 Å². The third-order valence-corrected chi connectivity index (χ3v) is 6.25. The molecule has 4 rings (SSSR count). The van der Waals surface area contributed by atoms with Crippen molar-refractivity contribution in [2.45, 2.75) is 50.6 Å². The minimum absolute atomic E-state index is 0.251. The van der Waals surface area contributed by atoms with E-state index < -0.39 is 0 Å². The van der Waals surface area contributed by atoms with Crippen molar-refractivity contribution in [1.29, 1.82) is 0 Å². The van der Waals surface area contributed by atoms with Gasteiger partial charge >= 0.3 is 0 Å². The number of benzene rings is 1. The summed E-state index contributed by atoms with van der Waals surface area (Å²) in [5.41, 5.74) is 0.922. The fraction of sp³-hybridized carbons (Fsp3) is 0.591. The van der Waals surface area contributed by atoms with Crippen molar-refractivity contribution in [3.63, 3.8) is 0 Å². The van der Waals surface area contributed by atoms with E-state index >= 15 is 0 Å². The average molecular weight is 370 g/mol. The predicted octanol–water partition coefficient (Wildman–Crippen LogP) is 3.45. The molecule has 1 saturated heterocycles. The molecule has 5 nitrogen and oxygen atoms in total. The highest BCUT2D eigenvalue weighted by atomic mass is 16.5. The van der Waals surface area contributed by atoms with E-state index in [1.165, 1.54) is 32.1 Å². The van der Waals surface area contributed by atoms with Gasteiger partial charge in [0.25, 0.3) is 0 Å². The summed E-state index contributed by atoms with van der Waals surface area (Å²) in [4.78, 5) is 9.98. The van der Waals surface area contributed by atoms with E-state index in [1.54, 1.807) is 7.11 Å². The van der Waals surface area contributed by atoms with Gasteiger partial charge in [0.2, 0.25) is 0 Å². The van der Waals surface area contributed by atoms with Gasteiger partial charge in [-0.1, -0.05) is 31.4 Å². The predicted molar refractivity (Wildman–Crippen MR) is 110 cm³/mol. The summed E-state index contributed by atoms with van der Waals surface area (Å²) in [6.45, 7) is 3.23. The molecule has 1 aromatic carbocycles. The second-order valence-electron chi connectivity index (χ2n) is 7.84. The summed E-state index contributed by atoms with van der Waals surface area (Å²) in [7, 11) is 1.70. The number of ether oxygens (including phenoxy) is 1. The number of anilines is 1. The van der Waals surface area contributed by atoms with Gasteiger partial charge in [-0.25, -0.2) is 4.98 Å². The fourth-order valence-electron chi connectivity index (χ4n) is 4.83. The summed E-state index contributed by atoms with van der Waals surface area (Å²) in [5, 5.41) is 10.7. The van der Waals surface area contributed by atoms with Crippen LogP contribution in [0, 0.1) is 0 Å². The maximum absolute atomic E-state index is 9.62. The molecule has 1 atom stereocenters. The molecule has 2 aliphatic rings. The molecule has 2 aromatic rings. The van der Waals surface area contributed by atoms with Gasteiger partial charge in [0.1, 0.15) is 17.1 Å². The fourth-order valence-corrected chi connectivity index (χ4v) is 4.83. The number of piperazine rings is 1. The van der Waals surface area contributed by atoms with Gasteiger partial charge in [0, 0.05) is 43.7 Å². The quantitative estimate of drug-likeness (QED) is 0.875. The second kappa shape index (κ2) is 8.44. The largest absolute Gasteiger partial charge is 0.494 e. The third-order valence-electron chi connectivity index (χ3n) is 6.25. The van der Waals surface area contributed by atoms with Gasteiger partial charge in [0.05, 0.1) is 7.11 Å². The van der Waals surface area contributed by atoms with Crippen molar-refractivity contribution in [2.24, 2.45) is 0 Å². The Balaban J connectivity index is 1.55. The standard InChI is InChI=1S/C22H31N3O2/c1-27-20-9-5-6-17-10-11-21(23-22(17)20)24-13-14-25(19(16-24)12-15-26)18-7-3-2-4-8-18/h5-6,9-11,18-19,26H,2-4,7-8,12-16H2,1H3. The van der Waals surface area contributed by atoms with Crippen LogP contribution < -0.4 is 9.64 Å². The highest BCUT2D eigenvalue weighted by Crippen LogP contribution is 2.30. The smallest absolute Gasteiger partial charge is 0.145 e. The highest BCUT2D eigenvalue weighted by molar-refractivity contribution is 5.86. The summed E-state index contributed by atoms with van der Waals surface area (Å²) in [5.74, 6) is 1.83. The Morgan fingerprint density at radius 2 is 1.96 bits per heavy atom. The molecule has 1 aliphatic heterocycles. The summed E-state index contributed by atoms with van der Waals surface area (Å²) in [6.07, 6.45) is 7.54. The summed E-state index contributed by atoms with van der Waals surface area (Å²) >= 11 is 0. The number of aliphatic hydroxyl groups excluding tert-OH is 1. The Hall–Kier alpha value is -1.85. The van der Waals surface area contributed by atoms with Gasteiger partial charge in [-0.2, -0.15) is 0 Å². The zero-order valence-corrected chi connectivity index (χ0v) is 16.3. The van der Waals surface area contributed by atoms with Crippen LogP contribution in [0.3, 0.4) is 0 Å². The van der Waals surface area contributed by atoms with Crippen molar-refractivity contribution < 1.29 is 9.84 Å². The first-order chi connectivity index (χ1) is 13.3. The highest BCUT2D eigenvalue weighted by Gasteiger charge is 2.32. The monoisotopic (exact) mass is 369 g/mol. The van der Waals surface area contributed by atoms with Crippen LogP contribution in [-0.4, -0.2) is 60.4 Å². The zero-order chi connectivity index (χ0) is 18.6. The molecule has 0 amide bonds. The number of methoxy groups -OCH3 is 1. The average Bonchev–Trinajstić information content (AvgIpc) is 2.73. The van der Waals surface area contributed by atoms with Crippen LogP contribution in [0.25, 0.3) is 10.9 Å². The lowest BCUT2D eigenvalue weighted by molar-refractivity contribution is 0.0756. The van der Waals surface area contributed by atoms with E-state index in [2.05, 4.69) is 28.0 Å². The van der Waals surface area contributed by atoms with E-state index in [1.807, 2.05) is 12.1 Å². The van der Waals surface area contributed by atoms with Gasteiger partial charge in [-0.05, 0) is 37.5 Å². The zero-order valence-electron chi connectivity index (χ0n) is 16.3. The molecule has 1 N–H and O–H groups in total. The van der Waals surface area contributed by atoms with Crippen LogP contribution >= 0.6 is 0 Å². The number of hydrogen-bond acceptors (Lipinski definition) is 5. The lowest BCUT2D eigenvalue weighted by Crippen LogP contribution is -2.57. The molecule has 0 bridgehead atoms. The van der Waals surface area contributed by atoms with Crippen LogP contribution in [0.4, 0.5) is 5.82 Å². The van der Waals surface area contributed by atoms with E-state index in [0.717, 1.165) is 48.5 Å². The molecule has 1 saturated carbocycles. The number of aliphatic hydroxyl groups is 1. The lowest BCUT2D eigenvalue weighted by Gasteiger charge is -2.46. The second-order valence-corrected chi connectivity index (χ2v) is 7.84. The van der Waals surface area contributed by atoms with Crippen molar-refractivity contribution in [2.75, 3.05) is 38.3 Å². The van der Waals surface area contributed by atoms with E-state index in [4.69, 9.17) is 9.72 Å². The first-order valence-electron chi connectivity index (χ1n) is 10.4. The molecule has 2 fully saturated rings. The Labute approximate surface area is 161 Å². The molecule has 2 heterocycles. The SMILES string of the molecule is COc1cccc2ccc(N3CCN(C4CCCCC4)C(CCO)C3)nc12. The first kappa shape index (κ1) is 18.5. The number of aromatic nitrogens is 1. The molecule has 0 radical (unpaired) electrons. The van der Waals surface area contributed by atoms with Gasteiger partial charge in [-0.3, -0.25) is 4.90 Å². The van der Waals surface area contributed by atoms with E-state index in [0.29, 0.717) is 12.1 Å². The van der Waals surface area contributed by atoms with Crippen molar-refractivity contribution in [3.8, 4) is 5.75 Å². The first-order valence-corrected chi connectivity index (χ1v) is 10.4. The Bertz CT molecular complexity index is 760. The topological polar surface area (TPSA) is 48.8 Å². The van der Waals surface area contributed by atoms with Crippen LogP contribution in [0.5, 0.6) is 5.75 Å². The van der Waals surface area contributed by atoms with Crippen molar-refractivity contribution in [3.05, 3.63) is 30.3 Å². The third kappa shape index (κ3) is 3.90. The molecule has 5 heteroatoms. The number of pyridine rings is 1. The molecular weight excluding hydrogens is 338 g/mol. The number of para-hydroxylation sites is 1. The number of nitrogens with zero attached hydrogens (tertiary/aromatic N) is 3. The number of fused-ring (bicyclic) bond motifs is 1. The minimum Gasteiger partial charge on any atom is -0.494 e. The van der Waals surface area contributed by atoms with Crippen LogP contribution in [0.2, 0.25) is 0 Å². The summed E-state index contributed by atoms with van der Waals surface area (Å²) in [6, 6.07) is 11.4. The number of hydrogen-bond donors (Lipinski definition) is 1. The molecule has 146 valence electrons. The van der Waals surface area contributed by atoms with Gasteiger partial charge in [-0.15, -0.1) is 0 Å². The van der Waals surface area contributed by atoms with E-state index in [9.17, 15) is 5.11 Å². The van der Waals surface area contributed by atoms with Crippen LogP contribution in [0.1, 0.15) is 38.5 Å². The summed E-state index contributed by atoms with van der Waals surface area (Å²) < 4.78 is 5.50. The molecule has 1 aliphatic carbocycles. The Kier molecular flexibility index (Phi) is 5.79. The number of rotatable bonds is 5. The maximum Gasteiger partial charge on any atom is 0.145 e. The lowest BCUT2D eigenvalue weighted by atomic mass is 9.92. The van der Waals surface area contributed by atoms with Crippen LogP contribution in [-0.2, 0) is 0 Å². The minimum atomic E-state index is 0.251. The molecule has 0 spiro atoms. The van der Waals surface area contributed by atoms with E-state index in [-0.39, 0.29) is 6.61 Å². The molecular formula is C22H31N3O2.